The van der Waals surface area contributed by atoms with Crippen molar-refractivity contribution in [1.82, 2.24) is 4.90 Å². The number of hydrogen-bond donors (Lipinski definition) is 0. The van der Waals surface area contributed by atoms with E-state index in [4.69, 9.17) is 0 Å². The molecule has 1 unspecified atom stereocenters. The summed E-state index contributed by atoms with van der Waals surface area (Å²) in [4.78, 5) is 11.8. The van der Waals surface area contributed by atoms with Gasteiger partial charge >= 0.3 is 18.0 Å². The summed E-state index contributed by atoms with van der Waals surface area (Å²) in [5.74, 6) is -7.39. The minimum Gasteiger partial charge on any atom is -0.334 e. The van der Waals surface area contributed by atoms with Crippen LogP contribution in [0.1, 0.15) is 26.2 Å². The second-order valence-electron chi connectivity index (χ2n) is 3.77. The van der Waals surface area contributed by atoms with E-state index in [-0.39, 0.29) is 6.54 Å². The first-order valence-corrected chi connectivity index (χ1v) is 4.97. The predicted molar refractivity (Wildman–Crippen MR) is 46.0 cm³/mol. The summed E-state index contributed by atoms with van der Waals surface area (Å²) >= 11 is 0. The van der Waals surface area contributed by atoms with Crippen molar-refractivity contribution in [1.29, 1.82) is 0 Å². The van der Waals surface area contributed by atoms with Crippen LogP contribution in [0.15, 0.2) is 0 Å². The van der Waals surface area contributed by atoms with E-state index in [0.717, 1.165) is 0 Å². The normalized spacial score (nSPS) is 22.6. The molecule has 0 aromatic carbocycles. The highest BCUT2D eigenvalue weighted by atomic mass is 19.4. The molecule has 1 rings (SSSR count). The number of hydrogen-bond acceptors (Lipinski definition) is 1. The predicted octanol–water partition coefficient (Wildman–Crippen LogP) is 2.59. The Morgan fingerprint density at radius 3 is 2.31 bits per heavy atom. The minimum atomic E-state index is -5.81. The van der Waals surface area contributed by atoms with Crippen molar-refractivity contribution in [2.45, 2.75) is 44.3 Å². The van der Waals surface area contributed by atoms with E-state index < -0.39 is 24.0 Å². The highest BCUT2D eigenvalue weighted by Gasteiger charge is 2.65. The third-order valence-corrected chi connectivity index (χ3v) is 2.73. The Labute approximate surface area is 89.4 Å². The van der Waals surface area contributed by atoms with Gasteiger partial charge in [0.05, 0.1) is 0 Å². The van der Waals surface area contributed by atoms with Crippen LogP contribution in [0.3, 0.4) is 0 Å². The fraction of sp³-hybridized carbons (Fsp3) is 0.889. The summed E-state index contributed by atoms with van der Waals surface area (Å²) in [6.07, 6.45) is -4.47. The average molecular weight is 245 g/mol. The van der Waals surface area contributed by atoms with Gasteiger partial charge in [0.25, 0.3) is 0 Å². The molecule has 0 aliphatic carbocycles. The lowest BCUT2D eigenvalue weighted by molar-refractivity contribution is -0.274. The van der Waals surface area contributed by atoms with Crippen molar-refractivity contribution >= 4 is 5.91 Å². The van der Waals surface area contributed by atoms with Gasteiger partial charge < -0.3 is 4.90 Å². The van der Waals surface area contributed by atoms with Crippen molar-refractivity contribution in [2.75, 3.05) is 6.54 Å². The van der Waals surface area contributed by atoms with E-state index in [9.17, 15) is 26.7 Å². The molecule has 2 nitrogen and oxygen atoms in total. The molecule has 1 aliphatic rings. The quantitative estimate of drug-likeness (QED) is 0.685. The van der Waals surface area contributed by atoms with Crippen LogP contribution < -0.4 is 0 Å². The first-order chi connectivity index (χ1) is 7.21. The number of rotatable bonds is 2. The average Bonchev–Trinajstić information content (AvgIpc) is 2.62. The molecule has 0 N–H and O–H groups in total. The summed E-state index contributed by atoms with van der Waals surface area (Å²) in [5, 5.41) is 0. The van der Waals surface area contributed by atoms with Gasteiger partial charge in [0, 0.05) is 12.6 Å². The molecule has 0 aromatic heterocycles. The van der Waals surface area contributed by atoms with Crippen LogP contribution in [0.5, 0.6) is 0 Å². The Kier molecular flexibility index (Phi) is 3.44. The van der Waals surface area contributed by atoms with Crippen LogP contribution in [-0.2, 0) is 4.79 Å². The topological polar surface area (TPSA) is 20.3 Å². The highest BCUT2D eigenvalue weighted by Crippen LogP contribution is 2.38. The maximum absolute atomic E-state index is 12.8. The van der Waals surface area contributed by atoms with Gasteiger partial charge in [-0.2, -0.15) is 22.0 Å². The molecule has 0 bridgehead atoms. The Hall–Kier alpha value is -0.880. The van der Waals surface area contributed by atoms with E-state index in [1.54, 1.807) is 6.92 Å². The highest BCUT2D eigenvalue weighted by molar-refractivity contribution is 5.85. The third-order valence-electron chi connectivity index (χ3n) is 2.73. The molecule has 0 aromatic rings. The monoisotopic (exact) mass is 245 g/mol. The van der Waals surface area contributed by atoms with Crippen molar-refractivity contribution in [2.24, 2.45) is 0 Å². The van der Waals surface area contributed by atoms with Crippen LogP contribution >= 0.6 is 0 Å². The zero-order valence-corrected chi connectivity index (χ0v) is 8.65. The van der Waals surface area contributed by atoms with Crippen LogP contribution in [0.4, 0.5) is 22.0 Å². The van der Waals surface area contributed by atoms with E-state index in [2.05, 4.69) is 0 Å². The van der Waals surface area contributed by atoms with E-state index in [0.29, 0.717) is 24.2 Å². The molecule has 1 aliphatic heterocycles. The molecule has 0 radical (unpaired) electrons. The van der Waals surface area contributed by atoms with Crippen LogP contribution in [0, 0.1) is 0 Å². The molecular formula is C9H12F5NO. The SMILES string of the molecule is CCC1CCCN1C(=O)C(F)(F)C(F)(F)F. The standard InChI is InChI=1S/C9H12F5NO/c1-2-6-4-3-5-15(6)7(16)8(10,11)9(12,13)14/h6H,2-5H2,1H3. The van der Waals surface area contributed by atoms with E-state index >= 15 is 0 Å². The van der Waals surface area contributed by atoms with Gasteiger partial charge in [-0.05, 0) is 19.3 Å². The Morgan fingerprint density at radius 2 is 1.88 bits per heavy atom. The van der Waals surface area contributed by atoms with Gasteiger partial charge in [-0.3, -0.25) is 4.79 Å². The van der Waals surface area contributed by atoms with Gasteiger partial charge in [0.15, 0.2) is 0 Å². The zero-order chi connectivity index (χ0) is 12.6. The fourth-order valence-corrected chi connectivity index (χ4v) is 1.83. The molecule has 0 saturated carbocycles. The number of halogens is 5. The first-order valence-electron chi connectivity index (χ1n) is 4.97. The van der Waals surface area contributed by atoms with Crippen LogP contribution in [0.2, 0.25) is 0 Å². The second-order valence-corrected chi connectivity index (χ2v) is 3.77. The van der Waals surface area contributed by atoms with Gasteiger partial charge in [0.1, 0.15) is 0 Å². The van der Waals surface area contributed by atoms with E-state index in [1.165, 1.54) is 0 Å². The maximum atomic E-state index is 12.8. The molecule has 1 amide bonds. The summed E-state index contributed by atoms with van der Waals surface area (Å²) in [7, 11) is 0. The Morgan fingerprint density at radius 1 is 1.31 bits per heavy atom. The summed E-state index contributed by atoms with van der Waals surface area (Å²) < 4.78 is 61.5. The van der Waals surface area contributed by atoms with Crippen molar-refractivity contribution in [3.05, 3.63) is 0 Å². The lowest BCUT2D eigenvalue weighted by atomic mass is 10.1. The first kappa shape index (κ1) is 13.2. The fourth-order valence-electron chi connectivity index (χ4n) is 1.83. The Bertz CT molecular complexity index is 276. The Balaban J connectivity index is 2.85. The molecule has 1 atom stereocenters. The molecule has 94 valence electrons. The number of carbonyl (C=O) groups is 1. The number of likely N-dealkylation sites (tertiary alicyclic amines) is 1. The van der Waals surface area contributed by atoms with Crippen molar-refractivity contribution in [3.8, 4) is 0 Å². The third kappa shape index (κ3) is 2.12. The molecule has 0 spiro atoms. The van der Waals surface area contributed by atoms with Gasteiger partial charge in [-0.25, -0.2) is 0 Å². The number of nitrogens with zero attached hydrogens (tertiary/aromatic N) is 1. The molecular weight excluding hydrogens is 233 g/mol. The lowest BCUT2D eigenvalue weighted by Gasteiger charge is -2.28. The molecule has 16 heavy (non-hydrogen) atoms. The maximum Gasteiger partial charge on any atom is 0.463 e. The van der Waals surface area contributed by atoms with Crippen LogP contribution in [0.25, 0.3) is 0 Å². The lowest BCUT2D eigenvalue weighted by Crippen LogP contribution is -2.53. The smallest absolute Gasteiger partial charge is 0.334 e. The van der Waals surface area contributed by atoms with Gasteiger partial charge in [-0.15, -0.1) is 0 Å². The molecule has 1 heterocycles. The molecule has 1 fully saturated rings. The molecule has 7 heteroatoms. The summed E-state index contributed by atoms with van der Waals surface area (Å²) in [6.45, 7) is 1.63. The largest absolute Gasteiger partial charge is 0.463 e. The molecule has 1 saturated heterocycles. The number of amides is 1. The van der Waals surface area contributed by atoms with Gasteiger partial charge in [0.2, 0.25) is 0 Å². The van der Waals surface area contributed by atoms with Crippen LogP contribution in [-0.4, -0.2) is 35.5 Å². The summed E-state index contributed by atoms with van der Waals surface area (Å²) in [5.41, 5.74) is 0. The van der Waals surface area contributed by atoms with E-state index in [1.807, 2.05) is 0 Å². The van der Waals surface area contributed by atoms with Crippen molar-refractivity contribution < 1.29 is 26.7 Å². The summed E-state index contributed by atoms with van der Waals surface area (Å²) in [6, 6.07) is -0.499. The minimum absolute atomic E-state index is 0.0248. The van der Waals surface area contributed by atoms with Crippen molar-refractivity contribution in [3.63, 3.8) is 0 Å². The zero-order valence-electron chi connectivity index (χ0n) is 8.65. The number of alkyl halides is 5. The second kappa shape index (κ2) is 4.18. The van der Waals surface area contributed by atoms with Gasteiger partial charge in [-0.1, -0.05) is 6.92 Å². The number of carbonyl (C=O) groups excluding carboxylic acids is 1.